The van der Waals surface area contributed by atoms with Gasteiger partial charge in [-0.05, 0) is 19.9 Å². The highest BCUT2D eigenvalue weighted by atomic mass is 19.1. The lowest BCUT2D eigenvalue weighted by atomic mass is 10.1. The van der Waals surface area contributed by atoms with Crippen molar-refractivity contribution < 1.29 is 18.4 Å². The Bertz CT molecular complexity index is 976. The minimum atomic E-state index is -0.535. The summed E-state index contributed by atoms with van der Waals surface area (Å²) in [5.41, 5.74) is 0.868. The van der Waals surface area contributed by atoms with Crippen molar-refractivity contribution in [3.8, 4) is 0 Å². The first-order valence-electron chi connectivity index (χ1n) is 8.16. The van der Waals surface area contributed by atoms with Crippen molar-refractivity contribution in [1.82, 2.24) is 25.0 Å². The molecule has 1 aliphatic rings. The molecule has 2 atom stereocenters. The van der Waals surface area contributed by atoms with Gasteiger partial charge in [-0.1, -0.05) is 5.16 Å². The van der Waals surface area contributed by atoms with E-state index in [9.17, 15) is 9.18 Å². The fourth-order valence-corrected chi connectivity index (χ4v) is 3.07. The molecule has 1 aromatic carbocycles. The average Bonchev–Trinajstić information content (AvgIpc) is 3.06. The van der Waals surface area contributed by atoms with E-state index in [1.165, 1.54) is 24.5 Å². The Morgan fingerprint density at radius 1 is 1.27 bits per heavy atom. The van der Waals surface area contributed by atoms with E-state index in [4.69, 9.17) is 9.26 Å². The molecule has 8 nitrogen and oxygen atoms in total. The molecule has 0 unspecified atom stereocenters. The maximum absolute atomic E-state index is 13.9. The summed E-state index contributed by atoms with van der Waals surface area (Å²) in [6, 6.07) is 2.44. The first-order chi connectivity index (χ1) is 12.5. The number of hydrogen-bond acceptors (Lipinski definition) is 7. The van der Waals surface area contributed by atoms with Crippen molar-refractivity contribution in [3.63, 3.8) is 0 Å². The SMILES string of the molecule is Cc1noc([C@H]2CN(C(=O)c3cc(F)cc4nccnc34)C[C@@H](C)O2)n1. The number of benzene rings is 1. The number of halogens is 1. The molecule has 3 heterocycles. The van der Waals surface area contributed by atoms with Gasteiger partial charge in [-0.2, -0.15) is 4.98 Å². The average molecular weight is 357 g/mol. The van der Waals surface area contributed by atoms with Gasteiger partial charge in [-0.25, -0.2) is 4.39 Å². The van der Waals surface area contributed by atoms with Crippen LogP contribution in [0.2, 0.25) is 0 Å². The van der Waals surface area contributed by atoms with Gasteiger partial charge in [0.05, 0.1) is 23.7 Å². The summed E-state index contributed by atoms with van der Waals surface area (Å²) in [6.45, 7) is 4.14. The number of carbonyl (C=O) groups excluding carboxylic acids is 1. The van der Waals surface area contributed by atoms with Crippen molar-refractivity contribution in [1.29, 1.82) is 0 Å². The molecule has 0 spiro atoms. The Morgan fingerprint density at radius 2 is 2.08 bits per heavy atom. The van der Waals surface area contributed by atoms with Crippen molar-refractivity contribution in [2.24, 2.45) is 0 Å². The van der Waals surface area contributed by atoms with Crippen LogP contribution >= 0.6 is 0 Å². The van der Waals surface area contributed by atoms with Gasteiger partial charge in [0.15, 0.2) is 11.9 Å². The van der Waals surface area contributed by atoms with Gasteiger partial charge in [-0.15, -0.1) is 0 Å². The van der Waals surface area contributed by atoms with E-state index >= 15 is 0 Å². The molecule has 2 aromatic heterocycles. The minimum Gasteiger partial charge on any atom is -0.362 e. The van der Waals surface area contributed by atoms with E-state index in [1.807, 2.05) is 6.92 Å². The van der Waals surface area contributed by atoms with E-state index in [0.29, 0.717) is 29.3 Å². The molecule has 1 aliphatic heterocycles. The van der Waals surface area contributed by atoms with Crippen LogP contribution in [0.3, 0.4) is 0 Å². The molecule has 0 aliphatic carbocycles. The molecular formula is C17H16FN5O3. The maximum atomic E-state index is 13.9. The number of amides is 1. The zero-order valence-corrected chi connectivity index (χ0v) is 14.2. The number of aromatic nitrogens is 4. The molecule has 134 valence electrons. The fraction of sp³-hybridized carbons (Fsp3) is 0.353. The van der Waals surface area contributed by atoms with E-state index in [0.717, 1.165) is 0 Å². The quantitative estimate of drug-likeness (QED) is 0.693. The van der Waals surface area contributed by atoms with Crippen molar-refractivity contribution in [3.05, 3.63) is 47.6 Å². The van der Waals surface area contributed by atoms with Gasteiger partial charge >= 0.3 is 0 Å². The lowest BCUT2D eigenvalue weighted by Crippen LogP contribution is -2.46. The highest BCUT2D eigenvalue weighted by Crippen LogP contribution is 2.26. The Balaban J connectivity index is 1.67. The zero-order valence-electron chi connectivity index (χ0n) is 14.2. The molecule has 1 fully saturated rings. The van der Waals surface area contributed by atoms with Gasteiger partial charge in [0.2, 0.25) is 0 Å². The van der Waals surface area contributed by atoms with Gasteiger partial charge < -0.3 is 14.2 Å². The molecule has 4 rings (SSSR count). The molecule has 0 saturated carbocycles. The molecule has 0 bridgehead atoms. The standard InChI is InChI=1S/C17H16FN5O3/c1-9-7-23(8-14(25-9)16-21-10(2)22-26-16)17(24)12-5-11(18)6-13-15(12)20-4-3-19-13/h3-6,9,14H,7-8H2,1-2H3/t9-,14-/m1/s1. The molecule has 9 heteroatoms. The Morgan fingerprint density at radius 3 is 2.85 bits per heavy atom. The van der Waals surface area contributed by atoms with E-state index < -0.39 is 11.9 Å². The highest BCUT2D eigenvalue weighted by molar-refractivity contribution is 6.04. The van der Waals surface area contributed by atoms with Crippen LogP contribution in [0.5, 0.6) is 0 Å². The smallest absolute Gasteiger partial charge is 0.257 e. The molecule has 26 heavy (non-hydrogen) atoms. The maximum Gasteiger partial charge on any atom is 0.257 e. The largest absolute Gasteiger partial charge is 0.362 e. The summed E-state index contributed by atoms with van der Waals surface area (Å²) < 4.78 is 24.9. The topological polar surface area (TPSA) is 94.2 Å². The number of rotatable bonds is 2. The molecule has 1 saturated heterocycles. The number of nitrogens with zero attached hydrogens (tertiary/aromatic N) is 5. The number of fused-ring (bicyclic) bond motifs is 1. The van der Waals surface area contributed by atoms with Crippen molar-refractivity contribution in [2.75, 3.05) is 13.1 Å². The summed E-state index contributed by atoms with van der Waals surface area (Å²) in [5, 5.41) is 3.76. The first-order valence-corrected chi connectivity index (χ1v) is 8.16. The zero-order chi connectivity index (χ0) is 18.3. The van der Waals surface area contributed by atoms with Crippen LogP contribution in [-0.2, 0) is 4.74 Å². The molecule has 1 amide bonds. The third kappa shape index (κ3) is 3.01. The van der Waals surface area contributed by atoms with Crippen LogP contribution < -0.4 is 0 Å². The van der Waals surface area contributed by atoms with E-state index in [2.05, 4.69) is 20.1 Å². The predicted molar refractivity (Wildman–Crippen MR) is 87.7 cm³/mol. The van der Waals surface area contributed by atoms with Crippen LogP contribution in [0.25, 0.3) is 11.0 Å². The predicted octanol–water partition coefficient (Wildman–Crippen LogP) is 2.06. The molecule has 3 aromatic rings. The van der Waals surface area contributed by atoms with Crippen LogP contribution in [0.4, 0.5) is 4.39 Å². The summed E-state index contributed by atoms with van der Waals surface area (Å²) >= 11 is 0. The number of carbonyl (C=O) groups is 1. The highest BCUT2D eigenvalue weighted by Gasteiger charge is 2.33. The second kappa shape index (κ2) is 6.41. The Labute approximate surface area is 148 Å². The van der Waals surface area contributed by atoms with Crippen LogP contribution in [-0.4, -0.2) is 50.1 Å². The van der Waals surface area contributed by atoms with Crippen LogP contribution in [0, 0.1) is 12.7 Å². The Kier molecular flexibility index (Phi) is 4.08. The fourth-order valence-electron chi connectivity index (χ4n) is 3.07. The third-order valence-corrected chi connectivity index (χ3v) is 4.14. The van der Waals surface area contributed by atoms with Gasteiger partial charge in [0.1, 0.15) is 11.3 Å². The van der Waals surface area contributed by atoms with Gasteiger partial charge in [0, 0.05) is 25.0 Å². The summed E-state index contributed by atoms with van der Waals surface area (Å²) in [7, 11) is 0. The monoisotopic (exact) mass is 357 g/mol. The summed E-state index contributed by atoms with van der Waals surface area (Å²) in [4.78, 5) is 27.1. The number of ether oxygens (including phenoxy) is 1. The van der Waals surface area contributed by atoms with E-state index in [1.54, 1.807) is 11.8 Å². The summed E-state index contributed by atoms with van der Waals surface area (Å²) in [6.07, 6.45) is 2.16. The lowest BCUT2D eigenvalue weighted by molar-refractivity contribution is -0.0809. The van der Waals surface area contributed by atoms with Crippen molar-refractivity contribution in [2.45, 2.75) is 26.1 Å². The van der Waals surface area contributed by atoms with Crippen molar-refractivity contribution >= 4 is 16.9 Å². The summed E-state index contributed by atoms with van der Waals surface area (Å²) in [5.74, 6) is -0.0695. The lowest BCUT2D eigenvalue weighted by Gasteiger charge is -2.35. The Hall–Kier alpha value is -2.94. The third-order valence-electron chi connectivity index (χ3n) is 4.14. The normalized spacial score (nSPS) is 20.5. The number of morpholine rings is 1. The van der Waals surface area contributed by atoms with E-state index in [-0.39, 0.29) is 24.1 Å². The second-order valence-corrected chi connectivity index (χ2v) is 6.20. The molecule has 0 radical (unpaired) electrons. The second-order valence-electron chi connectivity index (χ2n) is 6.20. The minimum absolute atomic E-state index is 0.169. The van der Waals surface area contributed by atoms with Crippen LogP contribution in [0.1, 0.15) is 35.1 Å². The molecule has 0 N–H and O–H groups in total. The number of hydrogen-bond donors (Lipinski definition) is 0. The molecular weight excluding hydrogens is 341 g/mol. The van der Waals surface area contributed by atoms with Gasteiger partial charge in [-0.3, -0.25) is 14.8 Å². The van der Waals surface area contributed by atoms with Gasteiger partial charge in [0.25, 0.3) is 11.8 Å². The van der Waals surface area contributed by atoms with Crippen LogP contribution in [0.15, 0.2) is 29.0 Å². The first kappa shape index (κ1) is 16.5. The number of aryl methyl sites for hydroxylation is 1.